The summed E-state index contributed by atoms with van der Waals surface area (Å²) in [6.07, 6.45) is 0. The van der Waals surface area contributed by atoms with Crippen molar-refractivity contribution in [3.63, 3.8) is 0 Å². The van der Waals surface area contributed by atoms with Gasteiger partial charge in [0.2, 0.25) is 0 Å². The molecule has 2 aromatic rings. The number of sulfonamides is 1. The van der Waals surface area contributed by atoms with Gasteiger partial charge < -0.3 is 9.47 Å². The average molecular weight is 353 g/mol. The lowest BCUT2D eigenvalue weighted by Gasteiger charge is -2.13. The Hall–Kier alpha value is -2.61. The van der Waals surface area contributed by atoms with Gasteiger partial charge in [-0.2, -0.15) is 0 Å². The van der Waals surface area contributed by atoms with Gasteiger partial charge in [0.15, 0.2) is 17.3 Å². The van der Waals surface area contributed by atoms with E-state index in [9.17, 15) is 17.6 Å². The summed E-state index contributed by atoms with van der Waals surface area (Å²) in [7, 11) is -1.54. The van der Waals surface area contributed by atoms with Gasteiger partial charge in [-0.15, -0.1) is 0 Å². The van der Waals surface area contributed by atoms with Crippen LogP contribution < -0.4 is 14.2 Å². The molecule has 0 aliphatic heterocycles. The van der Waals surface area contributed by atoms with Gasteiger partial charge in [0.25, 0.3) is 10.0 Å². The van der Waals surface area contributed by atoms with Crippen LogP contribution in [-0.4, -0.2) is 28.4 Å². The molecule has 128 valence electrons. The van der Waals surface area contributed by atoms with E-state index in [1.54, 1.807) is 0 Å². The third-order valence-corrected chi connectivity index (χ3v) is 4.67. The van der Waals surface area contributed by atoms with Gasteiger partial charge >= 0.3 is 0 Å². The Morgan fingerprint density at radius 2 is 1.58 bits per heavy atom. The first-order valence-electron chi connectivity index (χ1n) is 6.84. The zero-order chi connectivity index (χ0) is 17.9. The summed E-state index contributed by atoms with van der Waals surface area (Å²) in [5.41, 5.74) is 0.643. The van der Waals surface area contributed by atoms with Crippen LogP contribution in [0.25, 0.3) is 0 Å². The molecular formula is C16H16FNO5S. The van der Waals surface area contributed by atoms with E-state index in [4.69, 9.17) is 9.47 Å². The zero-order valence-electron chi connectivity index (χ0n) is 13.3. The maximum Gasteiger partial charge on any atom is 0.264 e. The van der Waals surface area contributed by atoms with Crippen LogP contribution in [0.15, 0.2) is 41.3 Å². The number of methoxy groups -OCH3 is 2. The molecule has 0 aliphatic carbocycles. The molecule has 6 nitrogen and oxygen atoms in total. The van der Waals surface area contributed by atoms with Gasteiger partial charge in [0, 0.05) is 23.4 Å². The van der Waals surface area contributed by atoms with Crippen molar-refractivity contribution in [3.8, 4) is 11.5 Å². The summed E-state index contributed by atoms with van der Waals surface area (Å²) in [6.45, 7) is 1.40. The van der Waals surface area contributed by atoms with Crippen LogP contribution in [0.1, 0.15) is 17.3 Å². The number of ketones is 1. The SMILES string of the molecule is COc1cc(F)c(S(=O)(=O)Nc2ccc(C(C)=O)cc2)cc1OC. The third kappa shape index (κ3) is 3.65. The number of halogens is 1. The van der Waals surface area contributed by atoms with Crippen LogP contribution >= 0.6 is 0 Å². The lowest BCUT2D eigenvalue weighted by atomic mass is 10.1. The van der Waals surface area contributed by atoms with Gasteiger partial charge in [0.05, 0.1) is 14.2 Å². The number of ether oxygens (including phenoxy) is 2. The molecule has 0 amide bonds. The molecular weight excluding hydrogens is 337 g/mol. The number of rotatable bonds is 6. The monoisotopic (exact) mass is 353 g/mol. The van der Waals surface area contributed by atoms with Crippen LogP contribution in [0, 0.1) is 5.82 Å². The lowest BCUT2D eigenvalue weighted by molar-refractivity contribution is 0.101. The molecule has 2 aromatic carbocycles. The van der Waals surface area contributed by atoms with Crippen LogP contribution in [0.2, 0.25) is 0 Å². The molecule has 0 unspecified atom stereocenters. The minimum absolute atomic E-state index is 0.0831. The second-order valence-corrected chi connectivity index (χ2v) is 6.53. The molecule has 1 N–H and O–H groups in total. The molecule has 0 saturated carbocycles. The third-order valence-electron chi connectivity index (χ3n) is 3.27. The van der Waals surface area contributed by atoms with Gasteiger partial charge in [-0.25, -0.2) is 12.8 Å². The Balaban J connectivity index is 2.38. The van der Waals surface area contributed by atoms with Crippen molar-refractivity contribution in [2.24, 2.45) is 0 Å². The fourth-order valence-electron chi connectivity index (χ4n) is 2.02. The molecule has 0 saturated heterocycles. The molecule has 0 aliphatic rings. The smallest absolute Gasteiger partial charge is 0.264 e. The molecule has 0 fully saturated rings. The summed E-state index contributed by atoms with van der Waals surface area (Å²) < 4.78 is 51.1. The topological polar surface area (TPSA) is 81.7 Å². The number of benzene rings is 2. The molecule has 8 heteroatoms. The maximum absolute atomic E-state index is 14.1. The highest BCUT2D eigenvalue weighted by atomic mass is 32.2. The van der Waals surface area contributed by atoms with Crippen LogP contribution in [0.4, 0.5) is 10.1 Å². The highest BCUT2D eigenvalue weighted by Gasteiger charge is 2.23. The van der Waals surface area contributed by atoms with E-state index in [1.165, 1.54) is 45.4 Å². The Kier molecular flexibility index (Phi) is 5.08. The Labute approximate surface area is 139 Å². The van der Waals surface area contributed by atoms with Crippen molar-refractivity contribution >= 4 is 21.5 Å². The number of carbonyl (C=O) groups excluding carboxylic acids is 1. The number of hydrogen-bond acceptors (Lipinski definition) is 5. The lowest BCUT2D eigenvalue weighted by Crippen LogP contribution is -2.15. The average Bonchev–Trinajstić information content (AvgIpc) is 2.54. The molecule has 0 spiro atoms. The molecule has 0 aromatic heterocycles. The van der Waals surface area contributed by atoms with Crippen LogP contribution in [-0.2, 0) is 10.0 Å². The summed E-state index contributed by atoms with van der Waals surface area (Å²) in [4.78, 5) is 10.7. The van der Waals surface area contributed by atoms with E-state index in [2.05, 4.69) is 4.72 Å². The number of hydrogen-bond donors (Lipinski definition) is 1. The summed E-state index contributed by atoms with van der Waals surface area (Å²) in [6, 6.07) is 7.78. The van der Waals surface area contributed by atoms with E-state index >= 15 is 0 Å². The second-order valence-electron chi connectivity index (χ2n) is 4.88. The predicted molar refractivity (Wildman–Crippen MR) is 86.8 cm³/mol. The molecule has 0 radical (unpaired) electrons. The van der Waals surface area contributed by atoms with E-state index in [1.807, 2.05) is 0 Å². The van der Waals surface area contributed by atoms with Crippen molar-refractivity contribution in [1.82, 2.24) is 0 Å². The molecule has 0 bridgehead atoms. The minimum Gasteiger partial charge on any atom is -0.493 e. The van der Waals surface area contributed by atoms with E-state index in [0.717, 1.165) is 12.1 Å². The number of carbonyl (C=O) groups is 1. The highest BCUT2D eigenvalue weighted by molar-refractivity contribution is 7.92. The normalized spacial score (nSPS) is 11.0. The molecule has 2 rings (SSSR count). The van der Waals surface area contributed by atoms with Crippen LogP contribution in [0.3, 0.4) is 0 Å². The van der Waals surface area contributed by atoms with Crippen molar-refractivity contribution in [3.05, 3.63) is 47.8 Å². The first kappa shape index (κ1) is 17.7. The number of nitrogens with one attached hydrogen (secondary N) is 1. The summed E-state index contributed by atoms with van der Waals surface area (Å²) >= 11 is 0. The molecule has 0 heterocycles. The minimum atomic E-state index is -4.18. The van der Waals surface area contributed by atoms with E-state index in [-0.39, 0.29) is 23.0 Å². The second kappa shape index (κ2) is 6.88. The number of Topliss-reactive ketones (excluding diaryl/α,β-unsaturated/α-hetero) is 1. The zero-order valence-corrected chi connectivity index (χ0v) is 14.1. The standard InChI is InChI=1S/C16H16FNO5S/c1-10(19)11-4-6-12(7-5-11)18-24(20,21)16-9-15(23-3)14(22-2)8-13(16)17/h4-9,18H,1-3H3. The van der Waals surface area contributed by atoms with Crippen molar-refractivity contribution in [2.45, 2.75) is 11.8 Å². The van der Waals surface area contributed by atoms with Gasteiger partial charge in [-0.05, 0) is 31.2 Å². The Morgan fingerprint density at radius 3 is 2.08 bits per heavy atom. The maximum atomic E-state index is 14.1. The van der Waals surface area contributed by atoms with E-state index in [0.29, 0.717) is 5.56 Å². The van der Waals surface area contributed by atoms with E-state index < -0.39 is 20.7 Å². The Morgan fingerprint density at radius 1 is 1.04 bits per heavy atom. The quantitative estimate of drug-likeness (QED) is 0.808. The Bertz CT molecular complexity index is 863. The summed E-state index contributed by atoms with van der Waals surface area (Å²) in [5, 5.41) is 0. The first-order chi connectivity index (χ1) is 11.3. The van der Waals surface area contributed by atoms with Gasteiger partial charge in [-0.1, -0.05) is 0 Å². The summed E-state index contributed by atoms with van der Waals surface area (Å²) in [5.74, 6) is -0.943. The van der Waals surface area contributed by atoms with Crippen molar-refractivity contribution < 1.29 is 27.1 Å². The van der Waals surface area contributed by atoms with Crippen molar-refractivity contribution in [1.29, 1.82) is 0 Å². The fourth-order valence-corrected chi connectivity index (χ4v) is 3.16. The van der Waals surface area contributed by atoms with Crippen molar-refractivity contribution in [2.75, 3.05) is 18.9 Å². The molecule has 0 atom stereocenters. The highest BCUT2D eigenvalue weighted by Crippen LogP contribution is 2.32. The first-order valence-corrected chi connectivity index (χ1v) is 8.32. The number of anilines is 1. The van der Waals surface area contributed by atoms with Crippen LogP contribution in [0.5, 0.6) is 11.5 Å². The fraction of sp³-hybridized carbons (Fsp3) is 0.188. The van der Waals surface area contributed by atoms with Gasteiger partial charge in [-0.3, -0.25) is 9.52 Å². The van der Waals surface area contributed by atoms with Gasteiger partial charge in [0.1, 0.15) is 10.7 Å². The largest absolute Gasteiger partial charge is 0.493 e. The predicted octanol–water partition coefficient (Wildman–Crippen LogP) is 2.85. The molecule has 24 heavy (non-hydrogen) atoms.